The third kappa shape index (κ3) is 4.07. The summed E-state index contributed by atoms with van der Waals surface area (Å²) < 4.78 is 13.6. The molecule has 2 aromatic heterocycles. The van der Waals surface area contributed by atoms with Gasteiger partial charge in [0, 0.05) is 29.8 Å². The van der Waals surface area contributed by atoms with E-state index >= 15 is 0 Å². The van der Waals surface area contributed by atoms with Crippen molar-refractivity contribution in [3.05, 3.63) is 70.1 Å². The van der Waals surface area contributed by atoms with Crippen LogP contribution in [0.2, 0.25) is 5.02 Å². The van der Waals surface area contributed by atoms with Crippen molar-refractivity contribution in [2.75, 3.05) is 20.2 Å². The van der Waals surface area contributed by atoms with E-state index < -0.39 is 0 Å². The van der Waals surface area contributed by atoms with Gasteiger partial charge in [0.2, 0.25) is 5.91 Å². The number of pyridine rings is 1. The van der Waals surface area contributed by atoms with E-state index in [4.69, 9.17) is 21.1 Å². The molecule has 0 saturated carbocycles. The van der Waals surface area contributed by atoms with Crippen LogP contribution in [0.25, 0.3) is 26.5 Å². The van der Waals surface area contributed by atoms with Crippen LogP contribution < -0.4 is 15.0 Å². The number of benzene rings is 2. The lowest BCUT2D eigenvalue weighted by atomic mass is 10.1. The lowest BCUT2D eigenvalue weighted by molar-refractivity contribution is -0.137. The second kappa shape index (κ2) is 8.53. The van der Waals surface area contributed by atoms with E-state index in [1.165, 1.54) is 11.3 Å². The van der Waals surface area contributed by atoms with E-state index in [1.807, 2.05) is 24.3 Å². The van der Waals surface area contributed by atoms with Crippen molar-refractivity contribution in [3.8, 4) is 27.8 Å². The number of likely N-dealkylation sites (tertiary alicyclic amines) is 1. The number of amides is 1. The second-order valence-corrected chi connectivity index (χ2v) is 9.17. The van der Waals surface area contributed by atoms with Gasteiger partial charge in [0.25, 0.3) is 5.56 Å². The van der Waals surface area contributed by atoms with E-state index in [9.17, 15) is 9.59 Å². The summed E-state index contributed by atoms with van der Waals surface area (Å²) in [4.78, 5) is 31.0. The standard InChI is InChI=1S/C24H20ClN3O4S/c1-14(29)27-12-18(13-27)32-20-8-7-17(11-21(20)31-2)28-10-9-19-22(24(28)30)33-23(26-19)15-3-5-16(25)6-4-15/h3-11,18H,12-13H2,1-2H3. The van der Waals surface area contributed by atoms with Crippen LogP contribution in [0, 0.1) is 0 Å². The Morgan fingerprint density at radius 3 is 2.58 bits per heavy atom. The molecule has 0 aliphatic carbocycles. The Kier molecular flexibility index (Phi) is 5.55. The van der Waals surface area contributed by atoms with Crippen molar-refractivity contribution < 1.29 is 14.3 Å². The molecule has 0 spiro atoms. The number of hydrogen-bond donors (Lipinski definition) is 0. The van der Waals surface area contributed by atoms with E-state index in [-0.39, 0.29) is 17.6 Å². The highest BCUT2D eigenvalue weighted by atomic mass is 35.5. The van der Waals surface area contributed by atoms with Gasteiger partial charge in [-0.2, -0.15) is 0 Å². The van der Waals surface area contributed by atoms with Crippen molar-refractivity contribution in [2.45, 2.75) is 13.0 Å². The second-order valence-electron chi connectivity index (χ2n) is 7.73. The van der Waals surface area contributed by atoms with Crippen LogP contribution in [0.4, 0.5) is 0 Å². The molecule has 7 nitrogen and oxygen atoms in total. The maximum atomic E-state index is 13.2. The average molecular weight is 482 g/mol. The van der Waals surface area contributed by atoms with E-state index in [1.54, 1.807) is 54.0 Å². The van der Waals surface area contributed by atoms with Crippen molar-refractivity contribution in [2.24, 2.45) is 0 Å². The van der Waals surface area contributed by atoms with Crippen LogP contribution >= 0.6 is 22.9 Å². The van der Waals surface area contributed by atoms with Gasteiger partial charge in [-0.15, -0.1) is 11.3 Å². The van der Waals surface area contributed by atoms with E-state index in [0.29, 0.717) is 45.5 Å². The summed E-state index contributed by atoms with van der Waals surface area (Å²) in [6, 6.07) is 14.6. The van der Waals surface area contributed by atoms with Gasteiger partial charge in [0.1, 0.15) is 15.8 Å². The minimum absolute atomic E-state index is 0.0363. The van der Waals surface area contributed by atoms with Gasteiger partial charge in [0.05, 0.1) is 31.4 Å². The zero-order valence-corrected chi connectivity index (χ0v) is 19.5. The molecule has 0 unspecified atom stereocenters. The summed E-state index contributed by atoms with van der Waals surface area (Å²) in [5, 5.41) is 1.41. The smallest absolute Gasteiger partial charge is 0.274 e. The minimum atomic E-state index is -0.156. The Labute approximate surface area is 198 Å². The first kappa shape index (κ1) is 21.5. The quantitative estimate of drug-likeness (QED) is 0.423. The molecule has 0 atom stereocenters. The number of carbonyl (C=O) groups excluding carboxylic acids is 1. The van der Waals surface area contributed by atoms with E-state index in [0.717, 1.165) is 10.6 Å². The fraction of sp³-hybridized carbons (Fsp3) is 0.208. The van der Waals surface area contributed by atoms with Crippen LogP contribution in [0.1, 0.15) is 6.92 Å². The SMILES string of the molecule is COc1cc(-n2ccc3nc(-c4ccc(Cl)cc4)sc3c2=O)ccc1OC1CN(C(C)=O)C1. The summed E-state index contributed by atoms with van der Waals surface area (Å²) in [5.41, 5.74) is 2.07. The third-order valence-electron chi connectivity index (χ3n) is 5.55. The molecule has 2 aromatic carbocycles. The van der Waals surface area contributed by atoms with Gasteiger partial charge in [-0.25, -0.2) is 4.98 Å². The number of rotatable bonds is 5. The average Bonchev–Trinajstić information content (AvgIpc) is 3.22. The van der Waals surface area contributed by atoms with Crippen LogP contribution in [0.15, 0.2) is 59.5 Å². The monoisotopic (exact) mass is 481 g/mol. The van der Waals surface area contributed by atoms with Crippen molar-refractivity contribution in [1.29, 1.82) is 0 Å². The largest absolute Gasteiger partial charge is 0.493 e. The van der Waals surface area contributed by atoms with Crippen LogP contribution in [0.3, 0.4) is 0 Å². The first-order valence-electron chi connectivity index (χ1n) is 10.3. The van der Waals surface area contributed by atoms with Gasteiger partial charge in [-0.3, -0.25) is 14.2 Å². The Morgan fingerprint density at radius 2 is 1.88 bits per heavy atom. The normalized spacial score (nSPS) is 13.7. The summed E-state index contributed by atoms with van der Waals surface area (Å²) in [7, 11) is 1.56. The summed E-state index contributed by atoms with van der Waals surface area (Å²) in [6.45, 7) is 2.65. The molecule has 1 fully saturated rings. The topological polar surface area (TPSA) is 73.7 Å². The van der Waals surface area contributed by atoms with Gasteiger partial charge in [0.15, 0.2) is 11.5 Å². The molecule has 1 aliphatic heterocycles. The number of carbonyl (C=O) groups is 1. The molecule has 0 N–H and O–H groups in total. The van der Waals surface area contributed by atoms with Crippen LogP contribution in [0.5, 0.6) is 11.5 Å². The molecule has 168 valence electrons. The highest BCUT2D eigenvalue weighted by molar-refractivity contribution is 7.21. The molecule has 33 heavy (non-hydrogen) atoms. The Morgan fingerprint density at radius 1 is 1.12 bits per heavy atom. The number of hydrogen-bond acceptors (Lipinski definition) is 6. The first-order valence-corrected chi connectivity index (χ1v) is 11.5. The van der Waals surface area contributed by atoms with Crippen molar-refractivity contribution in [3.63, 3.8) is 0 Å². The number of halogens is 1. The van der Waals surface area contributed by atoms with Gasteiger partial charge in [-0.1, -0.05) is 23.7 Å². The van der Waals surface area contributed by atoms with Crippen LogP contribution in [-0.2, 0) is 4.79 Å². The molecule has 5 rings (SSSR count). The number of fused-ring (bicyclic) bond motifs is 1. The van der Waals surface area contributed by atoms with E-state index in [2.05, 4.69) is 4.98 Å². The van der Waals surface area contributed by atoms with Gasteiger partial charge in [-0.05, 0) is 30.3 Å². The first-order chi connectivity index (χ1) is 15.9. The lowest BCUT2D eigenvalue weighted by Crippen LogP contribution is -2.55. The number of thiazole rings is 1. The molecule has 1 aliphatic rings. The molecule has 1 saturated heterocycles. The molecule has 9 heteroatoms. The fourth-order valence-corrected chi connectivity index (χ4v) is 4.81. The minimum Gasteiger partial charge on any atom is -0.493 e. The van der Waals surface area contributed by atoms with Gasteiger partial charge < -0.3 is 14.4 Å². The molecule has 4 aromatic rings. The lowest BCUT2D eigenvalue weighted by Gasteiger charge is -2.38. The summed E-state index contributed by atoms with van der Waals surface area (Å²) >= 11 is 7.33. The zero-order chi connectivity index (χ0) is 23.1. The van der Waals surface area contributed by atoms with Crippen molar-refractivity contribution >= 4 is 39.1 Å². The predicted molar refractivity (Wildman–Crippen MR) is 129 cm³/mol. The molecule has 0 bridgehead atoms. The van der Waals surface area contributed by atoms with Gasteiger partial charge >= 0.3 is 0 Å². The molecule has 1 amide bonds. The number of methoxy groups -OCH3 is 1. The highest BCUT2D eigenvalue weighted by Gasteiger charge is 2.31. The Hall–Kier alpha value is -3.36. The number of aromatic nitrogens is 2. The molecule has 0 radical (unpaired) electrons. The number of ether oxygens (including phenoxy) is 2. The molecule has 3 heterocycles. The maximum absolute atomic E-state index is 13.2. The summed E-state index contributed by atoms with van der Waals surface area (Å²) in [6.07, 6.45) is 1.64. The van der Waals surface area contributed by atoms with Crippen molar-refractivity contribution in [1.82, 2.24) is 14.5 Å². The maximum Gasteiger partial charge on any atom is 0.274 e. The zero-order valence-electron chi connectivity index (χ0n) is 17.9. The molecular formula is C24H20ClN3O4S. The third-order valence-corrected chi connectivity index (χ3v) is 6.91. The molecular weight excluding hydrogens is 462 g/mol. The van der Waals surface area contributed by atoms with Crippen LogP contribution in [-0.4, -0.2) is 46.7 Å². The highest BCUT2D eigenvalue weighted by Crippen LogP contribution is 2.33. The Bertz CT molecular complexity index is 1410. The predicted octanol–water partition coefficient (Wildman–Crippen LogP) is 4.39. The summed E-state index contributed by atoms with van der Waals surface area (Å²) in [5.74, 6) is 1.13. The number of nitrogens with zero attached hydrogens (tertiary/aromatic N) is 3. The fourth-order valence-electron chi connectivity index (χ4n) is 3.69. The Balaban J connectivity index is 1.45.